The molecule has 1 heterocycles. The molecule has 110 valence electrons. The Morgan fingerprint density at radius 2 is 1.90 bits per heavy atom. The third kappa shape index (κ3) is 2.60. The maximum Gasteiger partial charge on any atom is 0.536 e. The Labute approximate surface area is 121 Å². The molecular weight excluding hydrogens is 292 g/mol. The van der Waals surface area contributed by atoms with E-state index in [0.29, 0.717) is 6.61 Å². The summed E-state index contributed by atoms with van der Waals surface area (Å²) in [7, 11) is -0.313. The Morgan fingerprint density at radius 3 is 2.45 bits per heavy atom. The van der Waals surface area contributed by atoms with Gasteiger partial charge in [0.15, 0.2) is 0 Å². The maximum absolute atomic E-state index is 5.93. The Bertz CT molecular complexity index is 495. The zero-order valence-corrected chi connectivity index (χ0v) is 14.3. The van der Waals surface area contributed by atoms with Crippen LogP contribution in [0.25, 0.3) is 0 Å². The van der Waals surface area contributed by atoms with Crippen molar-refractivity contribution in [3.8, 4) is 5.75 Å². The third-order valence-corrected chi connectivity index (χ3v) is 8.13. The van der Waals surface area contributed by atoms with Crippen molar-refractivity contribution in [2.45, 2.75) is 13.2 Å². The minimum absolute atomic E-state index is 0.500. The summed E-state index contributed by atoms with van der Waals surface area (Å²) in [5.74, 6) is 0.834. The lowest BCUT2D eigenvalue weighted by Gasteiger charge is -2.32. The number of hydrogen-bond donors (Lipinski definition) is 0. The SMILES string of the molecule is C=C[Si]1(C)OCc2cc([Si](OC)(OC)OC)ccc2O1. The summed E-state index contributed by atoms with van der Waals surface area (Å²) in [6.07, 6.45) is 0. The van der Waals surface area contributed by atoms with Crippen molar-refractivity contribution in [2.24, 2.45) is 0 Å². The number of benzene rings is 1. The van der Waals surface area contributed by atoms with Gasteiger partial charge in [0.25, 0.3) is 0 Å². The summed E-state index contributed by atoms with van der Waals surface area (Å²) < 4.78 is 28.2. The van der Waals surface area contributed by atoms with Gasteiger partial charge in [-0.3, -0.25) is 0 Å². The molecule has 2 rings (SSSR count). The summed E-state index contributed by atoms with van der Waals surface area (Å²) in [5, 5.41) is 0.889. The summed E-state index contributed by atoms with van der Waals surface area (Å²) in [5.41, 5.74) is 2.75. The average Bonchev–Trinajstić information content (AvgIpc) is 2.49. The van der Waals surface area contributed by atoms with Crippen LogP contribution in [-0.2, 0) is 24.3 Å². The molecule has 0 fully saturated rings. The minimum atomic E-state index is -2.82. The van der Waals surface area contributed by atoms with Crippen LogP contribution in [0.3, 0.4) is 0 Å². The van der Waals surface area contributed by atoms with Gasteiger partial charge in [0.2, 0.25) is 0 Å². The zero-order chi connectivity index (χ0) is 14.8. The fourth-order valence-electron chi connectivity index (χ4n) is 2.16. The van der Waals surface area contributed by atoms with Crippen LogP contribution >= 0.6 is 0 Å². The van der Waals surface area contributed by atoms with Gasteiger partial charge in [-0.15, -0.1) is 6.58 Å². The molecule has 0 spiro atoms. The molecular formula is C13H20O5Si2. The molecule has 1 aromatic rings. The van der Waals surface area contributed by atoms with Crippen molar-refractivity contribution < 1.29 is 22.1 Å². The molecule has 0 radical (unpaired) electrons. The second-order valence-corrected chi connectivity index (χ2v) is 10.4. The fraction of sp³-hybridized carbons (Fsp3) is 0.385. The highest BCUT2D eigenvalue weighted by molar-refractivity contribution is 6.75. The van der Waals surface area contributed by atoms with Crippen molar-refractivity contribution >= 4 is 22.6 Å². The molecule has 0 aliphatic carbocycles. The van der Waals surface area contributed by atoms with Crippen LogP contribution < -0.4 is 9.61 Å². The molecule has 0 N–H and O–H groups in total. The Kier molecular flexibility index (Phi) is 4.47. The highest BCUT2D eigenvalue weighted by atomic mass is 28.4. The molecule has 1 aromatic carbocycles. The molecule has 0 saturated carbocycles. The topological polar surface area (TPSA) is 46.2 Å². The number of fused-ring (bicyclic) bond motifs is 1. The highest BCUT2D eigenvalue weighted by Gasteiger charge is 2.42. The third-order valence-electron chi connectivity index (χ3n) is 3.42. The molecule has 0 saturated heterocycles. The van der Waals surface area contributed by atoms with Crippen molar-refractivity contribution in [1.29, 1.82) is 0 Å². The Balaban J connectivity index is 2.37. The summed E-state index contributed by atoms with van der Waals surface area (Å²) >= 11 is 0. The van der Waals surface area contributed by atoms with Crippen molar-refractivity contribution in [3.63, 3.8) is 0 Å². The van der Waals surface area contributed by atoms with Crippen LogP contribution in [0.2, 0.25) is 6.55 Å². The molecule has 1 atom stereocenters. The first-order valence-electron chi connectivity index (χ1n) is 6.28. The van der Waals surface area contributed by atoms with E-state index in [-0.39, 0.29) is 0 Å². The summed E-state index contributed by atoms with van der Waals surface area (Å²) in [6, 6.07) is 5.81. The predicted molar refractivity (Wildman–Crippen MR) is 80.1 cm³/mol. The van der Waals surface area contributed by atoms with E-state index in [4.69, 9.17) is 22.1 Å². The van der Waals surface area contributed by atoms with Crippen LogP contribution in [0.15, 0.2) is 30.5 Å². The molecule has 1 aliphatic rings. The lowest BCUT2D eigenvalue weighted by molar-refractivity contribution is 0.140. The van der Waals surface area contributed by atoms with Gasteiger partial charge in [0, 0.05) is 32.1 Å². The fourth-order valence-corrected chi connectivity index (χ4v) is 5.34. The molecule has 1 unspecified atom stereocenters. The monoisotopic (exact) mass is 312 g/mol. The smallest absolute Gasteiger partial charge is 0.517 e. The van der Waals surface area contributed by atoms with E-state index in [9.17, 15) is 0 Å². The molecule has 1 aliphatic heterocycles. The molecule has 7 heteroatoms. The van der Waals surface area contributed by atoms with E-state index >= 15 is 0 Å². The first-order valence-corrected chi connectivity index (χ1v) is 10.4. The van der Waals surface area contributed by atoms with Crippen molar-refractivity contribution in [1.82, 2.24) is 0 Å². The lowest BCUT2D eigenvalue weighted by atomic mass is 10.2. The van der Waals surface area contributed by atoms with Gasteiger partial charge in [-0.1, -0.05) is 6.07 Å². The number of hydrogen-bond acceptors (Lipinski definition) is 5. The van der Waals surface area contributed by atoms with E-state index < -0.39 is 17.4 Å². The van der Waals surface area contributed by atoms with Gasteiger partial charge >= 0.3 is 17.4 Å². The average molecular weight is 312 g/mol. The molecule has 20 heavy (non-hydrogen) atoms. The maximum atomic E-state index is 5.93. The van der Waals surface area contributed by atoms with Gasteiger partial charge in [0.05, 0.1) is 6.61 Å². The summed E-state index contributed by atoms with van der Waals surface area (Å²) in [4.78, 5) is 0. The van der Waals surface area contributed by atoms with Gasteiger partial charge in [-0.2, -0.15) is 0 Å². The van der Waals surface area contributed by atoms with E-state index in [2.05, 4.69) is 6.58 Å². The van der Waals surface area contributed by atoms with Crippen molar-refractivity contribution in [2.75, 3.05) is 21.3 Å². The second kappa shape index (κ2) is 5.80. The predicted octanol–water partition coefficient (Wildman–Crippen LogP) is 1.48. The van der Waals surface area contributed by atoms with Gasteiger partial charge in [-0.25, -0.2) is 0 Å². The quantitative estimate of drug-likeness (QED) is 0.771. The van der Waals surface area contributed by atoms with Crippen LogP contribution in [0.5, 0.6) is 5.75 Å². The van der Waals surface area contributed by atoms with Crippen LogP contribution in [-0.4, -0.2) is 38.7 Å². The molecule has 0 amide bonds. The minimum Gasteiger partial charge on any atom is -0.517 e. The largest absolute Gasteiger partial charge is 0.536 e. The first kappa shape index (κ1) is 15.4. The highest BCUT2D eigenvalue weighted by Crippen LogP contribution is 2.29. The van der Waals surface area contributed by atoms with Crippen molar-refractivity contribution in [3.05, 3.63) is 36.0 Å². The van der Waals surface area contributed by atoms with Crippen LogP contribution in [0.1, 0.15) is 5.56 Å². The Morgan fingerprint density at radius 1 is 1.25 bits per heavy atom. The van der Waals surface area contributed by atoms with Gasteiger partial charge in [-0.05, 0) is 24.4 Å². The second-order valence-electron chi connectivity index (χ2n) is 4.60. The van der Waals surface area contributed by atoms with E-state index in [0.717, 1.165) is 16.5 Å². The Hall–Kier alpha value is -0.966. The molecule has 0 aromatic heterocycles. The van der Waals surface area contributed by atoms with E-state index in [1.165, 1.54) is 0 Å². The lowest BCUT2D eigenvalue weighted by Crippen LogP contribution is -2.55. The molecule has 5 nitrogen and oxygen atoms in total. The molecule has 0 bridgehead atoms. The summed E-state index contributed by atoms with van der Waals surface area (Å²) in [6.45, 7) is 6.25. The normalized spacial score (nSPS) is 22.0. The number of rotatable bonds is 5. The van der Waals surface area contributed by atoms with Gasteiger partial charge < -0.3 is 22.1 Å². The first-order chi connectivity index (χ1) is 9.52. The van der Waals surface area contributed by atoms with E-state index in [1.807, 2.05) is 24.7 Å². The van der Waals surface area contributed by atoms with E-state index in [1.54, 1.807) is 27.0 Å². The van der Waals surface area contributed by atoms with Crippen LogP contribution in [0, 0.1) is 0 Å². The zero-order valence-electron chi connectivity index (χ0n) is 12.3. The van der Waals surface area contributed by atoms with Crippen LogP contribution in [0.4, 0.5) is 0 Å². The van der Waals surface area contributed by atoms with Gasteiger partial charge in [0.1, 0.15) is 5.75 Å². The standard InChI is InChI=1S/C13H20O5Si2/c1-6-19(5)17-10-11-9-12(7-8-13(11)18-19)20(14-2,15-3)16-4/h6-9H,1,10H2,2-5H3.